The predicted molar refractivity (Wildman–Crippen MR) is 53.2 cm³/mol. The van der Waals surface area contributed by atoms with Crippen molar-refractivity contribution in [3.8, 4) is 0 Å². The Morgan fingerprint density at radius 2 is 2.47 bits per heavy atom. The lowest BCUT2D eigenvalue weighted by Crippen LogP contribution is -2.39. The van der Waals surface area contributed by atoms with E-state index in [1.807, 2.05) is 4.57 Å². The van der Waals surface area contributed by atoms with Crippen molar-refractivity contribution < 1.29 is 9.84 Å². The van der Waals surface area contributed by atoms with Crippen molar-refractivity contribution in [2.24, 2.45) is 0 Å². The second kappa shape index (κ2) is 4.69. The number of aliphatic hydroxyl groups excluding tert-OH is 1. The molecule has 0 fully saturated rings. The molecule has 1 aliphatic rings. The SMILES string of the molecule is COCC(O)CN1CCn2cnnc2C1. The van der Waals surface area contributed by atoms with Crippen LogP contribution in [0.3, 0.4) is 0 Å². The highest BCUT2D eigenvalue weighted by Crippen LogP contribution is 2.09. The van der Waals surface area contributed by atoms with Crippen molar-refractivity contribution >= 4 is 0 Å². The van der Waals surface area contributed by atoms with E-state index in [0.29, 0.717) is 13.2 Å². The third-order valence-corrected chi connectivity index (χ3v) is 2.55. The maximum absolute atomic E-state index is 9.59. The normalized spacial score (nSPS) is 18.8. The number of fused-ring (bicyclic) bond motifs is 1. The van der Waals surface area contributed by atoms with Crippen LogP contribution in [0, 0.1) is 0 Å². The Labute approximate surface area is 88.5 Å². The Kier molecular flexibility index (Phi) is 3.30. The molecule has 0 bridgehead atoms. The second-order valence-corrected chi connectivity index (χ2v) is 3.78. The van der Waals surface area contributed by atoms with Crippen molar-refractivity contribution in [1.29, 1.82) is 0 Å². The van der Waals surface area contributed by atoms with Gasteiger partial charge in [0.05, 0.1) is 19.3 Å². The first-order chi connectivity index (χ1) is 7.29. The maximum Gasteiger partial charge on any atom is 0.147 e. The van der Waals surface area contributed by atoms with Gasteiger partial charge in [-0.05, 0) is 0 Å². The molecule has 0 aromatic carbocycles. The molecule has 0 saturated heterocycles. The Morgan fingerprint density at radius 1 is 1.60 bits per heavy atom. The van der Waals surface area contributed by atoms with E-state index in [1.165, 1.54) is 0 Å². The molecule has 6 heteroatoms. The van der Waals surface area contributed by atoms with Crippen LogP contribution >= 0.6 is 0 Å². The summed E-state index contributed by atoms with van der Waals surface area (Å²) in [6, 6.07) is 0. The molecule has 1 atom stereocenters. The first-order valence-corrected chi connectivity index (χ1v) is 5.05. The van der Waals surface area contributed by atoms with Gasteiger partial charge in [-0.25, -0.2) is 0 Å². The highest BCUT2D eigenvalue weighted by molar-refractivity contribution is 4.90. The second-order valence-electron chi connectivity index (χ2n) is 3.78. The molecular formula is C9H16N4O2. The summed E-state index contributed by atoms with van der Waals surface area (Å²) in [7, 11) is 1.59. The van der Waals surface area contributed by atoms with Crippen LogP contribution in [0.25, 0.3) is 0 Å². The van der Waals surface area contributed by atoms with Crippen molar-refractivity contribution in [3.05, 3.63) is 12.2 Å². The van der Waals surface area contributed by atoms with Gasteiger partial charge in [-0.2, -0.15) is 0 Å². The number of methoxy groups -OCH3 is 1. The van der Waals surface area contributed by atoms with E-state index in [2.05, 4.69) is 15.1 Å². The molecular weight excluding hydrogens is 196 g/mol. The van der Waals surface area contributed by atoms with Crippen LogP contribution in [-0.4, -0.2) is 57.7 Å². The van der Waals surface area contributed by atoms with Crippen LogP contribution < -0.4 is 0 Å². The first-order valence-electron chi connectivity index (χ1n) is 5.05. The van der Waals surface area contributed by atoms with E-state index in [0.717, 1.165) is 25.5 Å². The predicted octanol–water partition coefficient (Wildman–Crippen LogP) is -0.899. The monoisotopic (exact) mass is 212 g/mol. The van der Waals surface area contributed by atoms with Crippen LogP contribution in [0.4, 0.5) is 0 Å². The number of nitrogens with zero attached hydrogens (tertiary/aromatic N) is 4. The lowest BCUT2D eigenvalue weighted by atomic mass is 10.3. The van der Waals surface area contributed by atoms with Gasteiger partial charge in [-0.1, -0.05) is 0 Å². The molecule has 0 amide bonds. The molecule has 84 valence electrons. The topological polar surface area (TPSA) is 63.4 Å². The van der Waals surface area contributed by atoms with Gasteiger partial charge in [-0.15, -0.1) is 10.2 Å². The Bertz CT molecular complexity index is 315. The number of β-amino-alcohol motifs (C(OH)–C–C–N with tert-alkyl or cyclic N) is 1. The molecule has 1 N–H and O–H groups in total. The molecule has 1 aromatic rings. The number of aromatic nitrogens is 3. The average Bonchev–Trinajstić information content (AvgIpc) is 2.65. The van der Waals surface area contributed by atoms with Crippen LogP contribution in [-0.2, 0) is 17.8 Å². The molecule has 0 radical (unpaired) electrons. The number of ether oxygens (including phenoxy) is 1. The number of hydrogen-bond donors (Lipinski definition) is 1. The van der Waals surface area contributed by atoms with E-state index in [-0.39, 0.29) is 0 Å². The average molecular weight is 212 g/mol. The number of rotatable bonds is 4. The molecule has 2 rings (SSSR count). The molecule has 15 heavy (non-hydrogen) atoms. The van der Waals surface area contributed by atoms with E-state index >= 15 is 0 Å². The van der Waals surface area contributed by atoms with Gasteiger partial charge in [0.25, 0.3) is 0 Å². The van der Waals surface area contributed by atoms with Gasteiger partial charge in [0.2, 0.25) is 0 Å². The van der Waals surface area contributed by atoms with Crippen LogP contribution in [0.5, 0.6) is 0 Å². The first kappa shape index (κ1) is 10.5. The molecule has 1 aliphatic heterocycles. The van der Waals surface area contributed by atoms with E-state index in [9.17, 15) is 5.11 Å². The van der Waals surface area contributed by atoms with Crippen LogP contribution in [0.1, 0.15) is 5.82 Å². The van der Waals surface area contributed by atoms with Gasteiger partial charge in [0, 0.05) is 26.7 Å². The standard InChI is InChI=1S/C9H16N4O2/c1-15-6-8(14)4-12-2-3-13-7-10-11-9(13)5-12/h7-8,14H,2-6H2,1H3. The number of aliphatic hydroxyl groups is 1. The van der Waals surface area contributed by atoms with Crippen molar-refractivity contribution in [2.45, 2.75) is 19.2 Å². The Morgan fingerprint density at radius 3 is 3.27 bits per heavy atom. The zero-order valence-corrected chi connectivity index (χ0v) is 8.83. The lowest BCUT2D eigenvalue weighted by Gasteiger charge is -2.28. The molecule has 2 heterocycles. The highest BCUT2D eigenvalue weighted by Gasteiger charge is 2.19. The summed E-state index contributed by atoms with van der Waals surface area (Å²) in [4.78, 5) is 2.16. The van der Waals surface area contributed by atoms with Crippen molar-refractivity contribution in [3.63, 3.8) is 0 Å². The van der Waals surface area contributed by atoms with Gasteiger partial charge in [0.15, 0.2) is 0 Å². The molecule has 0 spiro atoms. The molecule has 1 unspecified atom stereocenters. The lowest BCUT2D eigenvalue weighted by molar-refractivity contribution is 0.0310. The summed E-state index contributed by atoms with van der Waals surface area (Å²) in [5.74, 6) is 0.964. The van der Waals surface area contributed by atoms with Gasteiger partial charge in [-0.3, -0.25) is 4.90 Å². The van der Waals surface area contributed by atoms with Crippen molar-refractivity contribution in [1.82, 2.24) is 19.7 Å². The summed E-state index contributed by atoms with van der Waals surface area (Å²) < 4.78 is 6.93. The van der Waals surface area contributed by atoms with E-state index < -0.39 is 6.10 Å². The number of hydrogen-bond acceptors (Lipinski definition) is 5. The van der Waals surface area contributed by atoms with Crippen LogP contribution in [0.15, 0.2) is 6.33 Å². The minimum atomic E-state index is -0.426. The summed E-state index contributed by atoms with van der Waals surface area (Å²) in [6.45, 7) is 3.57. The summed E-state index contributed by atoms with van der Waals surface area (Å²) in [6.07, 6.45) is 1.32. The van der Waals surface area contributed by atoms with E-state index in [4.69, 9.17) is 4.74 Å². The van der Waals surface area contributed by atoms with Crippen LogP contribution in [0.2, 0.25) is 0 Å². The maximum atomic E-state index is 9.59. The fourth-order valence-electron chi connectivity index (χ4n) is 1.82. The zero-order valence-electron chi connectivity index (χ0n) is 8.83. The Balaban J connectivity index is 1.87. The molecule has 0 saturated carbocycles. The smallest absolute Gasteiger partial charge is 0.147 e. The van der Waals surface area contributed by atoms with Gasteiger partial charge < -0.3 is 14.4 Å². The Hall–Kier alpha value is -0.980. The highest BCUT2D eigenvalue weighted by atomic mass is 16.5. The van der Waals surface area contributed by atoms with Gasteiger partial charge >= 0.3 is 0 Å². The third-order valence-electron chi connectivity index (χ3n) is 2.55. The fraction of sp³-hybridized carbons (Fsp3) is 0.778. The summed E-state index contributed by atoms with van der Waals surface area (Å²) in [5.41, 5.74) is 0. The fourth-order valence-corrected chi connectivity index (χ4v) is 1.82. The zero-order chi connectivity index (χ0) is 10.7. The molecule has 6 nitrogen and oxygen atoms in total. The van der Waals surface area contributed by atoms with E-state index in [1.54, 1.807) is 13.4 Å². The minimum Gasteiger partial charge on any atom is -0.389 e. The van der Waals surface area contributed by atoms with Gasteiger partial charge in [0.1, 0.15) is 12.2 Å². The van der Waals surface area contributed by atoms with Crippen molar-refractivity contribution in [2.75, 3.05) is 26.8 Å². The molecule has 1 aromatic heterocycles. The minimum absolute atomic E-state index is 0.378. The summed E-state index contributed by atoms with van der Waals surface area (Å²) in [5, 5.41) is 17.5. The quantitative estimate of drug-likeness (QED) is 0.701. The largest absolute Gasteiger partial charge is 0.389 e. The molecule has 0 aliphatic carbocycles. The third kappa shape index (κ3) is 2.53. The summed E-state index contributed by atoms with van der Waals surface area (Å²) >= 11 is 0.